The van der Waals surface area contributed by atoms with Gasteiger partial charge in [0, 0.05) is 6.26 Å². The number of aromatic nitrogens is 2. The van der Waals surface area contributed by atoms with E-state index in [0.717, 1.165) is 12.6 Å². The van der Waals surface area contributed by atoms with E-state index in [2.05, 4.69) is 9.97 Å². The maximum atomic E-state index is 11.5. The quantitative estimate of drug-likeness (QED) is 0.480. The van der Waals surface area contributed by atoms with Crippen LogP contribution < -0.4 is 4.74 Å². The van der Waals surface area contributed by atoms with E-state index < -0.39 is 20.4 Å². The number of hydrogen-bond acceptors (Lipinski definition) is 7. The Morgan fingerprint density at radius 2 is 2.05 bits per heavy atom. The van der Waals surface area contributed by atoms with Crippen LogP contribution in [-0.2, 0) is 9.84 Å². The van der Waals surface area contributed by atoms with Crippen LogP contribution in [0.15, 0.2) is 35.5 Å². The number of rotatable bonds is 4. The first kappa shape index (κ1) is 15.1. The minimum absolute atomic E-state index is 0.0165. The second kappa shape index (κ2) is 5.62. The lowest BCUT2D eigenvalue weighted by atomic mass is 10.3. The molecule has 2 rings (SSSR count). The summed E-state index contributed by atoms with van der Waals surface area (Å²) in [5.74, 6) is -0.290. The van der Waals surface area contributed by atoms with E-state index in [9.17, 15) is 18.5 Å². The summed E-state index contributed by atoms with van der Waals surface area (Å²) in [6.07, 6.45) is 2.04. The summed E-state index contributed by atoms with van der Waals surface area (Å²) in [7, 11) is -3.42. The third-order valence-corrected chi connectivity index (χ3v) is 3.76. The zero-order chi connectivity index (χ0) is 15.6. The van der Waals surface area contributed by atoms with Crippen molar-refractivity contribution in [1.82, 2.24) is 9.97 Å². The van der Waals surface area contributed by atoms with E-state index in [1.165, 1.54) is 24.3 Å². The van der Waals surface area contributed by atoms with E-state index in [1.54, 1.807) is 0 Å². The van der Waals surface area contributed by atoms with Crippen LogP contribution in [0.3, 0.4) is 0 Å². The van der Waals surface area contributed by atoms with E-state index in [-0.39, 0.29) is 21.7 Å². The highest BCUT2D eigenvalue weighted by Crippen LogP contribution is 2.33. The molecule has 0 atom stereocenters. The lowest BCUT2D eigenvalue weighted by Crippen LogP contribution is -2.00. The molecule has 0 N–H and O–H groups in total. The molecule has 1 heterocycles. The van der Waals surface area contributed by atoms with Gasteiger partial charge in [-0.1, -0.05) is 17.7 Å². The van der Waals surface area contributed by atoms with Crippen molar-refractivity contribution in [2.75, 3.05) is 6.26 Å². The summed E-state index contributed by atoms with van der Waals surface area (Å²) in [4.78, 5) is 17.3. The van der Waals surface area contributed by atoms with E-state index in [0.29, 0.717) is 0 Å². The monoisotopic (exact) mass is 329 g/mol. The Morgan fingerprint density at radius 3 is 2.67 bits per heavy atom. The zero-order valence-corrected chi connectivity index (χ0v) is 12.1. The van der Waals surface area contributed by atoms with E-state index >= 15 is 0 Å². The molecule has 0 aliphatic rings. The average molecular weight is 330 g/mol. The highest BCUT2D eigenvalue weighted by atomic mass is 35.5. The van der Waals surface area contributed by atoms with Gasteiger partial charge in [0.1, 0.15) is 12.1 Å². The van der Waals surface area contributed by atoms with Crippen LogP contribution >= 0.6 is 11.6 Å². The van der Waals surface area contributed by atoms with Crippen molar-refractivity contribution in [2.24, 2.45) is 0 Å². The Morgan fingerprint density at radius 1 is 1.33 bits per heavy atom. The molecule has 21 heavy (non-hydrogen) atoms. The fourth-order valence-electron chi connectivity index (χ4n) is 1.45. The van der Waals surface area contributed by atoms with Crippen LogP contribution in [0.1, 0.15) is 0 Å². The molecule has 2 aromatic rings. The number of sulfone groups is 1. The van der Waals surface area contributed by atoms with Crippen LogP contribution in [0.2, 0.25) is 5.15 Å². The summed E-state index contributed by atoms with van der Waals surface area (Å²) in [6.45, 7) is 0. The summed E-state index contributed by atoms with van der Waals surface area (Å²) in [5, 5.41) is 10.6. The fourth-order valence-corrected chi connectivity index (χ4v) is 2.30. The maximum Gasteiger partial charge on any atom is 0.368 e. The lowest BCUT2D eigenvalue weighted by Gasteiger charge is -2.06. The van der Waals surface area contributed by atoms with Crippen molar-refractivity contribution in [3.05, 3.63) is 45.9 Å². The number of nitro groups is 1. The van der Waals surface area contributed by atoms with Crippen LogP contribution in [0.5, 0.6) is 11.6 Å². The first-order chi connectivity index (χ1) is 9.79. The highest BCUT2D eigenvalue weighted by Gasteiger charge is 2.23. The second-order valence-corrected chi connectivity index (χ2v) is 6.30. The Labute approximate surface area is 124 Å². The topological polar surface area (TPSA) is 112 Å². The molecule has 0 fully saturated rings. The molecule has 0 saturated heterocycles. The smallest absolute Gasteiger partial charge is 0.368 e. The molecule has 0 unspecified atom stereocenters. The van der Waals surface area contributed by atoms with Crippen molar-refractivity contribution < 1.29 is 18.1 Å². The summed E-state index contributed by atoms with van der Waals surface area (Å²) in [6, 6.07) is 5.49. The van der Waals surface area contributed by atoms with Gasteiger partial charge in [0.25, 0.3) is 0 Å². The van der Waals surface area contributed by atoms with Crippen molar-refractivity contribution in [3.63, 3.8) is 0 Å². The minimum atomic E-state index is -3.42. The molecule has 0 aliphatic carbocycles. The Kier molecular flexibility index (Phi) is 4.05. The number of ether oxygens (including phenoxy) is 1. The largest absolute Gasteiger partial charge is 0.434 e. The van der Waals surface area contributed by atoms with Crippen LogP contribution in [0.25, 0.3) is 0 Å². The molecular weight excluding hydrogens is 322 g/mol. The standard InChI is InChI=1S/C11H8ClN3O5S/c1-21(18,19)8-4-2-3-7(5-8)20-11-9(15(16)17)10(12)13-6-14-11/h2-6H,1H3. The number of benzene rings is 1. The first-order valence-electron chi connectivity index (χ1n) is 5.42. The van der Waals surface area contributed by atoms with Crippen molar-refractivity contribution >= 4 is 27.1 Å². The predicted octanol–water partition coefficient (Wildman–Crippen LogP) is 2.23. The third-order valence-electron chi connectivity index (χ3n) is 2.37. The second-order valence-electron chi connectivity index (χ2n) is 3.92. The van der Waals surface area contributed by atoms with Crippen LogP contribution in [0, 0.1) is 10.1 Å². The SMILES string of the molecule is CS(=O)(=O)c1cccc(Oc2ncnc(Cl)c2[N+](=O)[O-])c1. The van der Waals surface area contributed by atoms with Crippen molar-refractivity contribution in [2.45, 2.75) is 4.90 Å². The van der Waals surface area contributed by atoms with Crippen molar-refractivity contribution in [3.8, 4) is 11.6 Å². The van der Waals surface area contributed by atoms with E-state index in [1.807, 2.05) is 0 Å². The maximum absolute atomic E-state index is 11.5. The molecule has 0 spiro atoms. The van der Waals surface area contributed by atoms with Gasteiger partial charge in [0.2, 0.25) is 5.15 Å². The van der Waals surface area contributed by atoms with Gasteiger partial charge in [-0.3, -0.25) is 10.1 Å². The molecule has 8 nitrogen and oxygen atoms in total. The van der Waals surface area contributed by atoms with Crippen LogP contribution in [0.4, 0.5) is 5.69 Å². The molecule has 1 aromatic carbocycles. The molecule has 110 valence electrons. The van der Waals surface area contributed by atoms with E-state index in [4.69, 9.17) is 16.3 Å². The number of nitrogens with zero attached hydrogens (tertiary/aromatic N) is 3. The molecule has 0 saturated carbocycles. The Bertz CT molecular complexity index is 809. The summed E-state index contributed by atoms with van der Waals surface area (Å²) >= 11 is 5.63. The number of halogens is 1. The number of hydrogen-bond donors (Lipinski definition) is 0. The Hall–Kier alpha value is -2.26. The van der Waals surface area contributed by atoms with Crippen molar-refractivity contribution in [1.29, 1.82) is 0 Å². The van der Waals surface area contributed by atoms with Crippen LogP contribution in [-0.4, -0.2) is 29.6 Å². The van der Waals surface area contributed by atoms with Gasteiger partial charge >= 0.3 is 11.6 Å². The molecule has 10 heteroatoms. The molecule has 0 amide bonds. The molecule has 0 aliphatic heterocycles. The lowest BCUT2D eigenvalue weighted by molar-refractivity contribution is -0.386. The predicted molar refractivity (Wildman–Crippen MR) is 73.3 cm³/mol. The molecule has 1 aromatic heterocycles. The van der Waals surface area contributed by atoms with Gasteiger partial charge in [0.15, 0.2) is 9.84 Å². The highest BCUT2D eigenvalue weighted by molar-refractivity contribution is 7.90. The summed E-state index contributed by atoms with van der Waals surface area (Å²) in [5.41, 5.74) is -0.594. The summed E-state index contributed by atoms with van der Waals surface area (Å²) < 4.78 is 28.2. The molecular formula is C11H8ClN3O5S. The van der Waals surface area contributed by atoms with Gasteiger partial charge in [-0.05, 0) is 18.2 Å². The van der Waals surface area contributed by atoms with Gasteiger partial charge in [-0.2, -0.15) is 4.98 Å². The molecule has 0 bridgehead atoms. The Balaban J connectivity index is 2.44. The van der Waals surface area contributed by atoms with Gasteiger partial charge < -0.3 is 4.74 Å². The molecule has 0 radical (unpaired) electrons. The fraction of sp³-hybridized carbons (Fsp3) is 0.0909. The average Bonchev–Trinajstić information content (AvgIpc) is 2.37. The third kappa shape index (κ3) is 3.44. The van der Waals surface area contributed by atoms with Gasteiger partial charge in [-0.25, -0.2) is 13.4 Å². The van der Waals surface area contributed by atoms with Gasteiger partial charge in [-0.15, -0.1) is 0 Å². The first-order valence-corrected chi connectivity index (χ1v) is 7.69. The zero-order valence-electron chi connectivity index (χ0n) is 10.6. The van der Waals surface area contributed by atoms with Gasteiger partial charge in [0.05, 0.1) is 9.82 Å². The normalized spacial score (nSPS) is 11.1. The minimum Gasteiger partial charge on any atom is -0.434 e.